The summed E-state index contributed by atoms with van der Waals surface area (Å²) in [6.07, 6.45) is 12.0. The first-order chi connectivity index (χ1) is 16.0. The summed E-state index contributed by atoms with van der Waals surface area (Å²) in [5, 5.41) is 5.68. The number of nitrogens with two attached hydrogens (primary N) is 2. The van der Waals surface area contributed by atoms with E-state index < -0.39 is 0 Å². The summed E-state index contributed by atoms with van der Waals surface area (Å²) in [6, 6.07) is 3.93. The minimum absolute atomic E-state index is 0.292. The van der Waals surface area contributed by atoms with Gasteiger partial charge in [0.15, 0.2) is 0 Å². The second-order valence-electron chi connectivity index (χ2n) is 9.14. The molecule has 0 unspecified atom stereocenters. The van der Waals surface area contributed by atoms with Gasteiger partial charge in [-0.15, -0.1) is 0 Å². The van der Waals surface area contributed by atoms with Gasteiger partial charge in [0.25, 0.3) is 0 Å². The molecule has 8 nitrogen and oxygen atoms in total. The highest BCUT2D eigenvalue weighted by molar-refractivity contribution is 7.09. The van der Waals surface area contributed by atoms with E-state index >= 15 is 0 Å². The van der Waals surface area contributed by atoms with Crippen LogP contribution in [0.1, 0.15) is 87.8 Å². The molecule has 2 saturated carbocycles. The molecule has 4 rings (SSSR count). The molecule has 9 heteroatoms. The molecule has 0 aliphatic heterocycles. The molecule has 0 aromatic carbocycles. The summed E-state index contributed by atoms with van der Waals surface area (Å²) >= 11 is 1.39. The van der Waals surface area contributed by atoms with E-state index in [9.17, 15) is 0 Å². The summed E-state index contributed by atoms with van der Waals surface area (Å²) in [4.78, 5) is 9.52. The van der Waals surface area contributed by atoms with Gasteiger partial charge in [0.1, 0.15) is 11.6 Å². The Morgan fingerprint density at radius 2 is 1.85 bits per heavy atom. The minimum Gasteiger partial charge on any atom is -0.489 e. The van der Waals surface area contributed by atoms with Crippen molar-refractivity contribution in [2.45, 2.75) is 83.2 Å². The molecule has 180 valence electrons. The number of nitrogens with zero attached hydrogens (tertiary/aromatic N) is 4. The van der Waals surface area contributed by atoms with Gasteiger partial charge in [0.2, 0.25) is 5.13 Å². The van der Waals surface area contributed by atoms with E-state index in [0.29, 0.717) is 30.0 Å². The lowest BCUT2D eigenvalue weighted by Gasteiger charge is -2.24. The first-order valence-corrected chi connectivity index (χ1v) is 13.0. The molecule has 2 aromatic rings. The van der Waals surface area contributed by atoms with Crippen molar-refractivity contribution >= 4 is 22.4 Å². The minimum atomic E-state index is 0.292. The Morgan fingerprint density at radius 1 is 1.12 bits per heavy atom. The SMILES string of the molecule is CCc1nc(/C(N)=C(\CNc2nc(C3CCCC3)ns2)N(C)N)ccc1OC1CCCCC1. The number of ether oxygens (including phenoxy) is 1. The van der Waals surface area contributed by atoms with Gasteiger partial charge in [-0.25, -0.2) is 15.8 Å². The average Bonchev–Trinajstić information content (AvgIpc) is 3.52. The smallest absolute Gasteiger partial charge is 0.202 e. The van der Waals surface area contributed by atoms with Gasteiger partial charge < -0.3 is 20.8 Å². The number of hydrogen-bond donors (Lipinski definition) is 3. The van der Waals surface area contributed by atoms with E-state index in [2.05, 4.69) is 16.6 Å². The summed E-state index contributed by atoms with van der Waals surface area (Å²) in [7, 11) is 1.79. The number of likely N-dealkylation sites (N-methyl/N-ethyl adjacent to an activating group) is 1. The molecule has 2 aliphatic rings. The molecule has 33 heavy (non-hydrogen) atoms. The fraction of sp³-hybridized carbons (Fsp3) is 0.625. The fourth-order valence-electron chi connectivity index (χ4n) is 4.74. The molecule has 0 atom stereocenters. The Balaban J connectivity index is 1.47. The Hall–Kier alpha value is -2.39. The molecule has 0 radical (unpaired) electrons. The summed E-state index contributed by atoms with van der Waals surface area (Å²) in [5.74, 6) is 8.47. The lowest BCUT2D eigenvalue weighted by atomic mass is 9.98. The molecule has 0 bridgehead atoms. The van der Waals surface area contributed by atoms with Crippen LogP contribution in [-0.2, 0) is 6.42 Å². The van der Waals surface area contributed by atoms with Crippen LogP contribution in [0.3, 0.4) is 0 Å². The zero-order chi connectivity index (χ0) is 23.2. The van der Waals surface area contributed by atoms with Crippen LogP contribution in [0, 0.1) is 0 Å². The van der Waals surface area contributed by atoms with Crippen molar-refractivity contribution in [3.8, 4) is 5.75 Å². The van der Waals surface area contributed by atoms with Crippen molar-refractivity contribution in [3.63, 3.8) is 0 Å². The molecule has 0 saturated heterocycles. The monoisotopic (exact) mass is 471 g/mol. The molecule has 5 N–H and O–H groups in total. The molecule has 2 aromatic heterocycles. The summed E-state index contributed by atoms with van der Waals surface area (Å²) < 4.78 is 10.8. The van der Waals surface area contributed by atoms with Gasteiger partial charge in [-0.2, -0.15) is 4.37 Å². The molecule has 2 fully saturated rings. The van der Waals surface area contributed by atoms with Crippen molar-refractivity contribution in [2.75, 3.05) is 18.9 Å². The van der Waals surface area contributed by atoms with Crippen LogP contribution in [0.2, 0.25) is 0 Å². The second-order valence-corrected chi connectivity index (χ2v) is 9.89. The maximum absolute atomic E-state index is 6.55. The van der Waals surface area contributed by atoms with Crippen LogP contribution in [0.15, 0.2) is 17.8 Å². The standard InChI is InChI=1S/C24H37N7OS/c1-3-18-21(32-17-11-5-4-6-12-17)14-13-19(28-18)22(25)20(31(2)26)15-27-24-29-23(30-33-24)16-9-7-8-10-16/h13-14,16-17H,3-12,15,25-26H2,1-2H3,(H,27,29,30)/b22-20-. The number of rotatable bonds is 9. The van der Waals surface area contributed by atoms with E-state index in [1.807, 2.05) is 12.1 Å². The highest BCUT2D eigenvalue weighted by atomic mass is 32.1. The van der Waals surface area contributed by atoms with E-state index in [-0.39, 0.29) is 0 Å². The number of hydrazine groups is 1. The third-order valence-corrected chi connectivity index (χ3v) is 7.38. The number of hydrogen-bond acceptors (Lipinski definition) is 9. The van der Waals surface area contributed by atoms with Crippen LogP contribution < -0.4 is 21.6 Å². The average molecular weight is 472 g/mol. The van der Waals surface area contributed by atoms with E-state index in [0.717, 1.165) is 47.4 Å². The van der Waals surface area contributed by atoms with Crippen molar-refractivity contribution in [2.24, 2.45) is 11.6 Å². The van der Waals surface area contributed by atoms with Crippen molar-refractivity contribution < 1.29 is 4.74 Å². The Labute approximate surface area is 201 Å². The van der Waals surface area contributed by atoms with Crippen molar-refractivity contribution in [3.05, 3.63) is 35.0 Å². The van der Waals surface area contributed by atoms with E-state index in [4.69, 9.17) is 26.3 Å². The summed E-state index contributed by atoms with van der Waals surface area (Å²) in [5.41, 5.74) is 9.49. The van der Waals surface area contributed by atoms with Crippen LogP contribution in [0.4, 0.5) is 5.13 Å². The van der Waals surface area contributed by atoms with Gasteiger partial charge >= 0.3 is 0 Å². The fourth-order valence-corrected chi connectivity index (χ4v) is 5.38. The molecule has 2 aliphatic carbocycles. The van der Waals surface area contributed by atoms with Crippen LogP contribution in [-0.4, -0.2) is 39.0 Å². The quantitative estimate of drug-likeness (QED) is 0.364. The van der Waals surface area contributed by atoms with Crippen molar-refractivity contribution in [1.29, 1.82) is 0 Å². The van der Waals surface area contributed by atoms with Gasteiger partial charge in [-0.3, -0.25) is 0 Å². The molecule has 0 amide bonds. The van der Waals surface area contributed by atoms with Crippen LogP contribution >= 0.6 is 11.5 Å². The predicted molar refractivity (Wildman–Crippen MR) is 134 cm³/mol. The van der Waals surface area contributed by atoms with Gasteiger partial charge in [0, 0.05) is 24.5 Å². The third-order valence-electron chi connectivity index (χ3n) is 6.69. The number of anilines is 1. The van der Waals surface area contributed by atoms with Crippen LogP contribution in [0.5, 0.6) is 5.75 Å². The third kappa shape index (κ3) is 5.95. The van der Waals surface area contributed by atoms with E-state index in [1.165, 1.54) is 56.5 Å². The molecule has 0 spiro atoms. The maximum Gasteiger partial charge on any atom is 0.202 e. The Morgan fingerprint density at radius 3 is 2.55 bits per heavy atom. The highest BCUT2D eigenvalue weighted by Gasteiger charge is 2.22. The first kappa shape index (κ1) is 23.8. The van der Waals surface area contributed by atoms with Gasteiger partial charge in [-0.1, -0.05) is 26.2 Å². The number of nitrogens with one attached hydrogen (secondary N) is 1. The molecule has 2 heterocycles. The Bertz CT molecular complexity index is 946. The first-order valence-electron chi connectivity index (χ1n) is 12.3. The number of aryl methyl sites for hydroxylation is 1. The maximum atomic E-state index is 6.55. The van der Waals surface area contributed by atoms with Gasteiger partial charge in [-0.05, 0) is 57.1 Å². The van der Waals surface area contributed by atoms with Crippen molar-refractivity contribution in [1.82, 2.24) is 19.4 Å². The largest absolute Gasteiger partial charge is 0.489 e. The lowest BCUT2D eigenvalue weighted by Crippen LogP contribution is -2.32. The number of pyridine rings is 1. The highest BCUT2D eigenvalue weighted by Crippen LogP contribution is 2.33. The Kier molecular flexibility index (Phi) is 8.03. The second kappa shape index (κ2) is 11.2. The zero-order valence-corrected chi connectivity index (χ0v) is 20.7. The lowest BCUT2D eigenvalue weighted by molar-refractivity contribution is 0.153. The number of aromatic nitrogens is 3. The molecular weight excluding hydrogens is 434 g/mol. The van der Waals surface area contributed by atoms with Crippen LogP contribution in [0.25, 0.3) is 5.70 Å². The normalized spacial score (nSPS) is 18.3. The summed E-state index contributed by atoms with van der Waals surface area (Å²) in [6.45, 7) is 2.54. The topological polar surface area (TPSA) is 115 Å². The van der Waals surface area contributed by atoms with E-state index in [1.54, 1.807) is 12.1 Å². The predicted octanol–water partition coefficient (Wildman–Crippen LogP) is 4.41. The van der Waals surface area contributed by atoms with Gasteiger partial charge in [0.05, 0.1) is 35.4 Å². The molecular formula is C24H37N7OS. The zero-order valence-electron chi connectivity index (χ0n) is 19.8.